The number of carbonyl (C=O) groups excluding carboxylic acids is 2. The average Bonchev–Trinajstić information content (AvgIpc) is 2.55. The molecule has 0 aromatic heterocycles. The quantitative estimate of drug-likeness (QED) is 0.297. The zero-order valence-electron chi connectivity index (χ0n) is 12.9. The molecule has 0 aliphatic rings. The largest absolute Gasteiger partial charge is 0.872 e. The minimum absolute atomic E-state index is 0.123. The van der Waals surface area contributed by atoms with Crippen LogP contribution in [0.15, 0.2) is 23.8 Å². The van der Waals surface area contributed by atoms with Crippen molar-refractivity contribution in [1.82, 2.24) is 0 Å². The molecule has 11 heteroatoms. The Morgan fingerprint density at radius 2 is 1.84 bits per heavy atom. The number of Topliss-reactive ketones (excluding diaryl/α,β-unsaturated/α-hetero) is 1. The van der Waals surface area contributed by atoms with Crippen LogP contribution < -0.4 is 10.4 Å². The number of carbonyl (C=O) groups is 2. The molecule has 0 atom stereocenters. The molecule has 2 N–H and O–H groups in total. The summed E-state index contributed by atoms with van der Waals surface area (Å²) in [5.74, 6) is -3.05. The van der Waals surface area contributed by atoms with Crippen LogP contribution in [0.3, 0.4) is 0 Å². The summed E-state index contributed by atoms with van der Waals surface area (Å²) in [7, 11) is 1.17. The second-order valence-corrected chi connectivity index (χ2v) is 5.54. The first kappa shape index (κ1) is 20.5. The Hall–Kier alpha value is -2.52. The highest BCUT2D eigenvalue weighted by Gasteiger charge is 2.16. The number of nitro benzene ring substituents is 1. The third-order valence-corrected chi connectivity index (χ3v) is 3.53. The van der Waals surface area contributed by atoms with Gasteiger partial charge in [0.2, 0.25) is 0 Å². The van der Waals surface area contributed by atoms with Crippen LogP contribution in [0.25, 0.3) is 0 Å². The van der Waals surface area contributed by atoms with Crippen molar-refractivity contribution in [3.05, 3.63) is 43.9 Å². The number of nitrogens with one attached hydrogen (secondary N) is 1. The molecule has 0 heterocycles. The monoisotopic (exact) mass is 391 g/mol. The van der Waals surface area contributed by atoms with Gasteiger partial charge in [-0.05, 0) is 0 Å². The number of non-ortho nitro benzene ring substituents is 1. The number of hydrogen-bond acceptors (Lipinski definition) is 8. The number of nitrogens with zero attached hydrogens (tertiary/aromatic N) is 1. The predicted molar refractivity (Wildman–Crippen MR) is 87.3 cm³/mol. The van der Waals surface area contributed by atoms with Crippen LogP contribution in [0.1, 0.15) is 19.3 Å². The van der Waals surface area contributed by atoms with Gasteiger partial charge >= 0.3 is 5.97 Å². The molecule has 0 fully saturated rings. The van der Waals surface area contributed by atoms with Crippen LogP contribution in [0.5, 0.6) is 0 Å². The Kier molecular flexibility index (Phi) is 7.46. The fraction of sp³-hybridized carbons (Fsp3) is 0.286. The SMILES string of the molecule is COC(=O)CCC(=O)CC([O-])=C(O)Nc1c(Cl)cc([N+](=O)[O-])cc1Cl. The summed E-state index contributed by atoms with van der Waals surface area (Å²) in [5.41, 5.74) is -0.494. The molecule has 1 aromatic rings. The highest BCUT2D eigenvalue weighted by molar-refractivity contribution is 6.39. The van der Waals surface area contributed by atoms with E-state index in [9.17, 15) is 29.9 Å². The van der Waals surface area contributed by atoms with Crippen molar-refractivity contribution in [3.8, 4) is 0 Å². The van der Waals surface area contributed by atoms with E-state index in [1.807, 2.05) is 0 Å². The number of anilines is 1. The van der Waals surface area contributed by atoms with Crippen molar-refractivity contribution in [2.24, 2.45) is 0 Å². The summed E-state index contributed by atoms with van der Waals surface area (Å²) < 4.78 is 4.36. The fourth-order valence-electron chi connectivity index (χ4n) is 1.67. The van der Waals surface area contributed by atoms with Gasteiger partial charge in [-0.2, -0.15) is 0 Å². The molecule has 0 saturated heterocycles. The Bertz CT molecular complexity index is 711. The summed E-state index contributed by atoms with van der Waals surface area (Å²) in [6, 6.07) is 1.96. The normalized spacial score (nSPS) is 11.5. The van der Waals surface area contributed by atoms with Crippen LogP contribution in [0, 0.1) is 10.1 Å². The number of methoxy groups -OCH3 is 1. The minimum Gasteiger partial charge on any atom is -0.872 e. The molecule has 0 amide bonds. The molecule has 0 radical (unpaired) electrons. The van der Waals surface area contributed by atoms with Gasteiger partial charge in [-0.3, -0.25) is 19.7 Å². The Morgan fingerprint density at radius 1 is 1.28 bits per heavy atom. The van der Waals surface area contributed by atoms with E-state index in [1.54, 1.807) is 0 Å². The number of esters is 1. The van der Waals surface area contributed by atoms with Crippen molar-refractivity contribution in [3.63, 3.8) is 0 Å². The van der Waals surface area contributed by atoms with Gasteiger partial charge in [-0.1, -0.05) is 29.0 Å². The lowest BCUT2D eigenvalue weighted by Gasteiger charge is -2.17. The van der Waals surface area contributed by atoms with E-state index < -0.39 is 34.7 Å². The Balaban J connectivity index is 2.84. The van der Waals surface area contributed by atoms with Gasteiger partial charge in [0.05, 0.1) is 34.2 Å². The predicted octanol–water partition coefficient (Wildman–Crippen LogP) is 2.31. The molecule has 1 rings (SSSR count). The topological polar surface area (TPSA) is 142 Å². The third-order valence-electron chi connectivity index (χ3n) is 2.94. The zero-order valence-corrected chi connectivity index (χ0v) is 14.4. The molecule has 136 valence electrons. The Labute approximate surface area is 151 Å². The van der Waals surface area contributed by atoms with Crippen molar-refractivity contribution in [1.29, 1.82) is 0 Å². The molecule has 0 bridgehead atoms. The lowest BCUT2D eigenvalue weighted by Crippen LogP contribution is -2.17. The molecule has 0 unspecified atom stereocenters. The number of aliphatic hydroxyl groups is 1. The summed E-state index contributed by atoms with van der Waals surface area (Å²) >= 11 is 11.7. The standard InChI is InChI=1S/C14H14Cl2N2O7/c1-25-12(21)3-2-8(19)6-11(20)14(22)17-13-9(15)4-7(18(23)24)5-10(13)16/h4-5,17,20,22H,2-3,6H2,1H3/p-1. The molecule has 0 aliphatic carbocycles. The minimum atomic E-state index is -0.958. The van der Waals surface area contributed by atoms with Crippen molar-refractivity contribution in [2.75, 3.05) is 12.4 Å². The van der Waals surface area contributed by atoms with Gasteiger partial charge in [-0.25, -0.2) is 0 Å². The van der Waals surface area contributed by atoms with Gasteiger partial charge in [0.15, 0.2) is 5.88 Å². The van der Waals surface area contributed by atoms with E-state index >= 15 is 0 Å². The van der Waals surface area contributed by atoms with E-state index in [0.717, 1.165) is 12.1 Å². The summed E-state index contributed by atoms with van der Waals surface area (Å²) in [4.78, 5) is 32.5. The van der Waals surface area contributed by atoms with Gasteiger partial charge in [0.25, 0.3) is 5.69 Å². The molecule has 0 spiro atoms. The summed E-state index contributed by atoms with van der Waals surface area (Å²) in [6.07, 6.45) is -1.06. The van der Waals surface area contributed by atoms with E-state index in [2.05, 4.69) is 10.1 Å². The van der Waals surface area contributed by atoms with Crippen molar-refractivity contribution >= 4 is 46.3 Å². The van der Waals surface area contributed by atoms with Crippen molar-refractivity contribution < 1.29 is 29.5 Å². The molecular weight excluding hydrogens is 379 g/mol. The lowest BCUT2D eigenvalue weighted by atomic mass is 10.1. The fourth-order valence-corrected chi connectivity index (χ4v) is 2.24. The average molecular weight is 392 g/mol. The lowest BCUT2D eigenvalue weighted by molar-refractivity contribution is -0.384. The highest BCUT2D eigenvalue weighted by atomic mass is 35.5. The number of allylic oxidation sites excluding steroid dienone is 1. The van der Waals surface area contributed by atoms with E-state index in [-0.39, 0.29) is 34.3 Å². The van der Waals surface area contributed by atoms with E-state index in [1.165, 1.54) is 7.11 Å². The van der Waals surface area contributed by atoms with Crippen LogP contribution in [-0.2, 0) is 14.3 Å². The number of ether oxygens (including phenoxy) is 1. The maximum Gasteiger partial charge on any atom is 0.305 e. The van der Waals surface area contributed by atoms with Crippen LogP contribution >= 0.6 is 23.2 Å². The first-order valence-electron chi connectivity index (χ1n) is 6.73. The summed E-state index contributed by atoms with van der Waals surface area (Å²) in [5, 5.41) is 34.0. The first-order chi connectivity index (χ1) is 11.6. The van der Waals surface area contributed by atoms with E-state index in [0.29, 0.717) is 0 Å². The number of rotatable bonds is 8. The molecular formula is C14H13Cl2N2O7-. The van der Waals surface area contributed by atoms with E-state index in [4.69, 9.17) is 23.2 Å². The Morgan fingerprint density at radius 3 is 2.32 bits per heavy atom. The number of hydrogen-bond donors (Lipinski definition) is 2. The van der Waals surface area contributed by atoms with Crippen LogP contribution in [0.2, 0.25) is 10.0 Å². The molecule has 25 heavy (non-hydrogen) atoms. The maximum atomic E-state index is 11.8. The second-order valence-electron chi connectivity index (χ2n) is 4.73. The molecule has 0 saturated carbocycles. The van der Waals surface area contributed by atoms with Gasteiger partial charge < -0.3 is 20.3 Å². The van der Waals surface area contributed by atoms with Gasteiger partial charge in [0.1, 0.15) is 5.78 Å². The van der Waals surface area contributed by atoms with Gasteiger partial charge in [0, 0.05) is 25.0 Å². The van der Waals surface area contributed by atoms with Crippen LogP contribution in [-0.4, -0.2) is 28.9 Å². The number of aliphatic hydroxyl groups excluding tert-OH is 1. The smallest absolute Gasteiger partial charge is 0.305 e. The maximum absolute atomic E-state index is 11.8. The number of halogens is 2. The third kappa shape index (κ3) is 6.12. The number of benzene rings is 1. The zero-order chi connectivity index (χ0) is 19.1. The number of ketones is 1. The van der Waals surface area contributed by atoms with Crippen molar-refractivity contribution in [2.45, 2.75) is 19.3 Å². The van der Waals surface area contributed by atoms with Crippen LogP contribution in [0.4, 0.5) is 11.4 Å². The van der Waals surface area contributed by atoms with Gasteiger partial charge in [-0.15, -0.1) is 0 Å². The molecule has 0 aliphatic heterocycles. The highest BCUT2D eigenvalue weighted by Crippen LogP contribution is 2.35. The second kappa shape index (κ2) is 9.09. The number of nitro groups is 1. The first-order valence-corrected chi connectivity index (χ1v) is 7.49. The molecule has 1 aromatic carbocycles. The molecule has 9 nitrogen and oxygen atoms in total. The summed E-state index contributed by atoms with van der Waals surface area (Å²) in [6.45, 7) is 0.